The van der Waals surface area contributed by atoms with Gasteiger partial charge in [0.15, 0.2) is 0 Å². The number of thioether (sulfide) groups is 1. The Morgan fingerprint density at radius 1 is 0.827 bits per heavy atom. The number of carbonyl (C=O) groups is 5. The molecule has 4 aliphatic carbocycles. The fourth-order valence-corrected chi connectivity index (χ4v) is 9.13. The van der Waals surface area contributed by atoms with Crippen LogP contribution in [0.15, 0.2) is 60.7 Å². The number of hydrogen-bond acceptors (Lipinski definition) is 8. The molecule has 52 heavy (non-hydrogen) atoms. The minimum atomic E-state index is -1.02. The molecule has 2 aromatic carbocycles. The summed E-state index contributed by atoms with van der Waals surface area (Å²) in [4.78, 5) is 70.2. The molecule has 0 saturated heterocycles. The van der Waals surface area contributed by atoms with Crippen LogP contribution in [0.4, 0.5) is 4.79 Å². The Morgan fingerprint density at radius 2 is 1.38 bits per heavy atom. The molecular weight excluding hydrogens is 679 g/mol. The molecule has 5 N–H and O–H groups in total. The number of alkyl carbamates (subject to hydrolysis) is 1. The second-order valence-electron chi connectivity index (χ2n) is 15.8. The lowest BCUT2D eigenvalue weighted by Crippen LogP contribution is -2.65. The summed E-state index contributed by atoms with van der Waals surface area (Å²) in [5, 5.41) is 8.04. The predicted octanol–water partition coefficient (Wildman–Crippen LogP) is 4.23. The Morgan fingerprint density at radius 3 is 1.92 bits per heavy atom. The third-order valence-corrected chi connectivity index (χ3v) is 11.3. The molecule has 11 nitrogen and oxygen atoms in total. The van der Waals surface area contributed by atoms with Crippen molar-refractivity contribution in [3.05, 3.63) is 71.8 Å². The summed E-state index contributed by atoms with van der Waals surface area (Å²) in [6.45, 7) is 4.79. The number of rotatable bonds is 15. The third-order valence-electron chi connectivity index (χ3n) is 10.6. The van der Waals surface area contributed by atoms with Gasteiger partial charge in [-0.1, -0.05) is 60.7 Å². The standard InChI is InChI=1S/C40H55N5O6S/c1-40(2,3)51-39(50)44-38(49)33(23-26-13-9-6-10-14-26)45(35-29-18-27-17-28(20-29)21-30(35)19-27)34(46)24-42-37(48)32(15-16-52-4)43-36(47)31(41)22-25-11-7-5-8-12-25/h5-14,27-33,35H,15-24,41H2,1-4H3,(H,42,48)(H,43,47)(H,44,49,50)/t27?,28?,29?,30?,31-,32+,33-,35?/m0/s1. The van der Waals surface area contributed by atoms with Crippen LogP contribution in [-0.4, -0.2) is 82.9 Å². The summed E-state index contributed by atoms with van der Waals surface area (Å²) in [5.41, 5.74) is 7.16. The van der Waals surface area contributed by atoms with E-state index >= 15 is 0 Å². The van der Waals surface area contributed by atoms with Crippen LogP contribution in [0.25, 0.3) is 0 Å². The first-order chi connectivity index (χ1) is 24.8. The third kappa shape index (κ3) is 10.6. The van der Waals surface area contributed by atoms with Gasteiger partial charge in [0.1, 0.15) is 17.7 Å². The molecule has 0 unspecified atom stereocenters. The van der Waals surface area contributed by atoms with Gasteiger partial charge in [0.2, 0.25) is 17.7 Å². The summed E-state index contributed by atoms with van der Waals surface area (Å²) in [6.07, 6.45) is 7.07. The lowest BCUT2D eigenvalue weighted by Gasteiger charge is -2.58. The number of benzene rings is 2. The summed E-state index contributed by atoms with van der Waals surface area (Å²) >= 11 is 1.54. The first kappa shape index (κ1) is 39.3. The molecule has 6 rings (SSSR count). The number of amides is 5. The monoisotopic (exact) mass is 733 g/mol. The van der Waals surface area contributed by atoms with Gasteiger partial charge in [0.05, 0.1) is 12.6 Å². The quantitative estimate of drug-likeness (QED) is 0.212. The minimum Gasteiger partial charge on any atom is -0.444 e. The van der Waals surface area contributed by atoms with E-state index in [0.29, 0.717) is 30.4 Å². The molecule has 282 valence electrons. The van der Waals surface area contributed by atoms with Gasteiger partial charge in [-0.25, -0.2) is 4.79 Å². The van der Waals surface area contributed by atoms with Gasteiger partial charge in [-0.05, 0) is 113 Å². The van der Waals surface area contributed by atoms with Crippen molar-refractivity contribution in [2.24, 2.45) is 29.4 Å². The van der Waals surface area contributed by atoms with Crippen LogP contribution in [0.1, 0.15) is 70.4 Å². The van der Waals surface area contributed by atoms with Crippen molar-refractivity contribution in [2.45, 2.75) is 102 Å². The van der Waals surface area contributed by atoms with E-state index < -0.39 is 53.4 Å². The molecule has 2 aromatic rings. The number of nitrogens with one attached hydrogen (secondary N) is 3. The average molecular weight is 734 g/mol. The highest BCUT2D eigenvalue weighted by atomic mass is 32.2. The lowest BCUT2D eigenvalue weighted by molar-refractivity contribution is -0.154. The molecule has 4 saturated carbocycles. The molecule has 4 bridgehead atoms. The Bertz CT molecular complexity index is 1520. The number of ether oxygens (including phenoxy) is 1. The molecule has 5 amide bonds. The van der Waals surface area contributed by atoms with Crippen LogP contribution in [0.3, 0.4) is 0 Å². The number of carbonyl (C=O) groups excluding carboxylic acids is 5. The highest BCUT2D eigenvalue weighted by Crippen LogP contribution is 2.55. The normalized spacial score (nSPS) is 23.5. The van der Waals surface area contributed by atoms with Crippen molar-refractivity contribution in [3.63, 3.8) is 0 Å². The molecule has 4 fully saturated rings. The van der Waals surface area contributed by atoms with Crippen LogP contribution in [-0.2, 0) is 36.8 Å². The molecular formula is C40H55N5O6S. The first-order valence-electron chi connectivity index (χ1n) is 18.6. The minimum absolute atomic E-state index is 0.184. The van der Waals surface area contributed by atoms with E-state index in [4.69, 9.17) is 10.5 Å². The summed E-state index contributed by atoms with van der Waals surface area (Å²) < 4.78 is 5.43. The largest absolute Gasteiger partial charge is 0.444 e. The Kier molecular flexibility index (Phi) is 13.4. The molecule has 0 heterocycles. The van der Waals surface area contributed by atoms with Crippen molar-refractivity contribution in [1.29, 1.82) is 0 Å². The van der Waals surface area contributed by atoms with Crippen molar-refractivity contribution in [2.75, 3.05) is 18.6 Å². The van der Waals surface area contributed by atoms with Crippen LogP contribution in [0.5, 0.6) is 0 Å². The summed E-state index contributed by atoms with van der Waals surface area (Å²) in [6, 6.07) is 15.9. The van der Waals surface area contributed by atoms with E-state index in [-0.39, 0.29) is 30.8 Å². The predicted molar refractivity (Wildman–Crippen MR) is 202 cm³/mol. The van der Waals surface area contributed by atoms with Gasteiger partial charge >= 0.3 is 6.09 Å². The maximum atomic E-state index is 14.6. The molecule has 0 radical (unpaired) electrons. The number of nitrogens with zero attached hydrogens (tertiary/aromatic N) is 1. The molecule has 0 spiro atoms. The van der Waals surface area contributed by atoms with Crippen LogP contribution < -0.4 is 21.7 Å². The maximum Gasteiger partial charge on any atom is 0.414 e. The number of hydrogen-bond donors (Lipinski definition) is 4. The van der Waals surface area contributed by atoms with E-state index in [1.807, 2.05) is 66.9 Å². The smallest absolute Gasteiger partial charge is 0.414 e. The van der Waals surface area contributed by atoms with Gasteiger partial charge in [-0.2, -0.15) is 11.8 Å². The van der Waals surface area contributed by atoms with Gasteiger partial charge in [-0.15, -0.1) is 0 Å². The van der Waals surface area contributed by atoms with Gasteiger partial charge in [-0.3, -0.25) is 24.5 Å². The second kappa shape index (κ2) is 17.7. The molecule has 0 aromatic heterocycles. The second-order valence-corrected chi connectivity index (χ2v) is 16.8. The zero-order chi connectivity index (χ0) is 37.4. The zero-order valence-electron chi connectivity index (χ0n) is 30.8. The van der Waals surface area contributed by atoms with E-state index in [1.165, 1.54) is 6.42 Å². The van der Waals surface area contributed by atoms with Crippen LogP contribution in [0, 0.1) is 23.7 Å². The van der Waals surface area contributed by atoms with E-state index in [0.717, 1.165) is 36.8 Å². The Labute approximate surface area is 311 Å². The van der Waals surface area contributed by atoms with E-state index in [9.17, 15) is 24.0 Å². The van der Waals surface area contributed by atoms with Crippen LogP contribution >= 0.6 is 11.8 Å². The summed E-state index contributed by atoms with van der Waals surface area (Å²) in [5.74, 6) is 0.320. The van der Waals surface area contributed by atoms with Crippen LogP contribution in [0.2, 0.25) is 0 Å². The van der Waals surface area contributed by atoms with E-state index in [2.05, 4.69) is 16.0 Å². The van der Waals surface area contributed by atoms with Crippen molar-refractivity contribution >= 4 is 41.5 Å². The SMILES string of the molecule is CSCC[C@@H](NC(=O)[C@@H](N)Cc1ccccc1)C(=O)NCC(=O)N(C1C2CC3CC(C2)CC1C3)[C@@H](Cc1ccccc1)C(=O)NC(=O)OC(C)(C)C. The molecule has 4 aliphatic rings. The highest BCUT2D eigenvalue weighted by molar-refractivity contribution is 7.98. The lowest BCUT2D eigenvalue weighted by atomic mass is 9.53. The maximum absolute atomic E-state index is 14.6. The van der Waals surface area contributed by atoms with Gasteiger partial charge < -0.3 is 26.0 Å². The molecule has 0 aliphatic heterocycles. The zero-order valence-corrected chi connectivity index (χ0v) is 31.7. The van der Waals surface area contributed by atoms with E-state index in [1.54, 1.807) is 37.4 Å². The fraction of sp³-hybridized carbons (Fsp3) is 0.575. The number of imide groups is 1. The Balaban J connectivity index is 1.37. The first-order valence-corrected chi connectivity index (χ1v) is 20.0. The van der Waals surface area contributed by atoms with Crippen molar-refractivity contribution in [1.82, 2.24) is 20.9 Å². The van der Waals surface area contributed by atoms with Gasteiger partial charge in [0, 0.05) is 12.5 Å². The molecule has 3 atom stereocenters. The molecule has 12 heteroatoms. The average Bonchev–Trinajstić information content (AvgIpc) is 3.09. The number of nitrogens with two attached hydrogens (primary N) is 1. The fourth-order valence-electron chi connectivity index (χ4n) is 8.66. The van der Waals surface area contributed by atoms with Crippen molar-refractivity contribution < 1.29 is 28.7 Å². The van der Waals surface area contributed by atoms with Gasteiger partial charge in [0.25, 0.3) is 5.91 Å². The highest BCUT2D eigenvalue weighted by Gasteiger charge is 2.53. The Hall–Kier alpha value is -3.90. The summed E-state index contributed by atoms with van der Waals surface area (Å²) in [7, 11) is 0. The topological polar surface area (TPSA) is 160 Å². The van der Waals surface area contributed by atoms with Crippen molar-refractivity contribution in [3.8, 4) is 0 Å².